The monoisotopic (exact) mass is 222 g/mol. The summed E-state index contributed by atoms with van der Waals surface area (Å²) in [6.07, 6.45) is 10.1. The molecule has 3 nitrogen and oxygen atoms in total. The fraction of sp³-hybridized carbons (Fsp3) is 0.769. The van der Waals surface area contributed by atoms with E-state index in [1.165, 1.54) is 32.1 Å². The Hall–Kier alpha value is -0.830. The normalized spacial score (nSPS) is 19.9. The summed E-state index contributed by atoms with van der Waals surface area (Å²) in [7, 11) is 0. The van der Waals surface area contributed by atoms with Crippen LogP contribution >= 0.6 is 0 Å². The molecule has 0 spiro atoms. The van der Waals surface area contributed by atoms with Gasteiger partial charge in [-0.25, -0.2) is 4.98 Å². The van der Waals surface area contributed by atoms with Crippen molar-refractivity contribution in [3.63, 3.8) is 0 Å². The molecule has 0 radical (unpaired) electrons. The summed E-state index contributed by atoms with van der Waals surface area (Å²) in [6.45, 7) is 3.00. The summed E-state index contributed by atoms with van der Waals surface area (Å²) in [5, 5.41) is 0. The molecule has 0 aromatic carbocycles. The van der Waals surface area contributed by atoms with Gasteiger partial charge >= 0.3 is 0 Å². The lowest BCUT2D eigenvalue weighted by atomic mass is 9.75. The highest BCUT2D eigenvalue weighted by atomic mass is 16.3. The van der Waals surface area contributed by atoms with Gasteiger partial charge in [-0.1, -0.05) is 26.2 Å². The number of oxazole rings is 1. The molecule has 0 bridgehead atoms. The topological polar surface area (TPSA) is 52.0 Å². The van der Waals surface area contributed by atoms with Crippen molar-refractivity contribution in [2.75, 3.05) is 6.54 Å². The van der Waals surface area contributed by atoms with Crippen LogP contribution in [-0.2, 0) is 11.8 Å². The minimum Gasteiger partial charge on any atom is -0.448 e. The average Bonchev–Trinajstić information content (AvgIpc) is 2.77. The summed E-state index contributed by atoms with van der Waals surface area (Å²) in [6, 6.07) is 0. The van der Waals surface area contributed by atoms with Gasteiger partial charge in [0.2, 0.25) is 0 Å². The van der Waals surface area contributed by atoms with E-state index < -0.39 is 0 Å². The highest BCUT2D eigenvalue weighted by Gasteiger charge is 2.33. The van der Waals surface area contributed by atoms with E-state index in [-0.39, 0.29) is 5.41 Å². The Kier molecular flexibility index (Phi) is 3.64. The highest BCUT2D eigenvalue weighted by Crippen LogP contribution is 2.38. The van der Waals surface area contributed by atoms with Crippen molar-refractivity contribution in [2.24, 2.45) is 5.73 Å². The van der Waals surface area contributed by atoms with Crippen LogP contribution in [0.2, 0.25) is 0 Å². The fourth-order valence-electron chi connectivity index (χ4n) is 2.53. The number of aromatic nitrogens is 1. The molecule has 0 unspecified atom stereocenters. The molecule has 1 saturated carbocycles. The van der Waals surface area contributed by atoms with Crippen molar-refractivity contribution in [3.05, 3.63) is 17.8 Å². The SMILES string of the molecule is CC1(c2nc(CCCN)co2)CCCCC1. The molecule has 1 aliphatic rings. The van der Waals surface area contributed by atoms with Gasteiger partial charge in [-0.2, -0.15) is 0 Å². The van der Waals surface area contributed by atoms with Crippen LogP contribution in [0.1, 0.15) is 57.0 Å². The minimum atomic E-state index is 0.180. The van der Waals surface area contributed by atoms with Crippen LogP contribution in [-0.4, -0.2) is 11.5 Å². The molecule has 1 aromatic heterocycles. The molecular weight excluding hydrogens is 200 g/mol. The molecule has 90 valence electrons. The molecule has 1 aromatic rings. The second kappa shape index (κ2) is 5.00. The van der Waals surface area contributed by atoms with Gasteiger partial charge in [-0.3, -0.25) is 0 Å². The predicted molar refractivity (Wildman–Crippen MR) is 64.3 cm³/mol. The zero-order chi connectivity index (χ0) is 11.4. The number of nitrogens with zero attached hydrogens (tertiary/aromatic N) is 1. The summed E-state index contributed by atoms with van der Waals surface area (Å²) in [5.41, 5.74) is 6.74. The number of hydrogen-bond acceptors (Lipinski definition) is 3. The Morgan fingerprint density at radius 2 is 2.12 bits per heavy atom. The number of aryl methyl sites for hydroxylation is 1. The van der Waals surface area contributed by atoms with Crippen LogP contribution in [0.5, 0.6) is 0 Å². The maximum absolute atomic E-state index is 5.65. The first-order valence-corrected chi connectivity index (χ1v) is 6.39. The predicted octanol–water partition coefficient (Wildman–Crippen LogP) is 2.79. The average molecular weight is 222 g/mol. The largest absolute Gasteiger partial charge is 0.448 e. The second-order valence-corrected chi connectivity index (χ2v) is 5.16. The first kappa shape index (κ1) is 11.6. The van der Waals surface area contributed by atoms with E-state index in [2.05, 4.69) is 11.9 Å². The molecule has 1 aliphatic carbocycles. The van der Waals surface area contributed by atoms with Crippen molar-refractivity contribution >= 4 is 0 Å². The molecule has 16 heavy (non-hydrogen) atoms. The molecule has 0 saturated heterocycles. The van der Waals surface area contributed by atoms with Gasteiger partial charge in [-0.05, 0) is 32.2 Å². The van der Waals surface area contributed by atoms with Gasteiger partial charge in [0.25, 0.3) is 0 Å². The third-order valence-corrected chi connectivity index (χ3v) is 3.66. The van der Waals surface area contributed by atoms with E-state index in [4.69, 9.17) is 10.2 Å². The molecule has 1 heterocycles. The summed E-state index contributed by atoms with van der Waals surface area (Å²) in [4.78, 5) is 4.62. The van der Waals surface area contributed by atoms with E-state index in [9.17, 15) is 0 Å². The third kappa shape index (κ3) is 2.46. The van der Waals surface area contributed by atoms with Gasteiger partial charge in [0.05, 0.1) is 5.69 Å². The summed E-state index contributed by atoms with van der Waals surface area (Å²) in [5.74, 6) is 0.944. The molecule has 0 amide bonds. The molecule has 0 atom stereocenters. The highest BCUT2D eigenvalue weighted by molar-refractivity contribution is 5.08. The summed E-state index contributed by atoms with van der Waals surface area (Å²) < 4.78 is 5.65. The van der Waals surface area contributed by atoms with E-state index >= 15 is 0 Å². The van der Waals surface area contributed by atoms with Crippen LogP contribution in [0.4, 0.5) is 0 Å². The quantitative estimate of drug-likeness (QED) is 0.852. The van der Waals surface area contributed by atoms with E-state index in [1.54, 1.807) is 0 Å². The third-order valence-electron chi connectivity index (χ3n) is 3.66. The van der Waals surface area contributed by atoms with Gasteiger partial charge in [0.15, 0.2) is 5.89 Å². The first-order chi connectivity index (χ1) is 7.74. The Morgan fingerprint density at radius 3 is 2.81 bits per heavy atom. The zero-order valence-corrected chi connectivity index (χ0v) is 10.2. The van der Waals surface area contributed by atoms with Crippen molar-refractivity contribution < 1.29 is 4.42 Å². The van der Waals surface area contributed by atoms with Crippen LogP contribution < -0.4 is 5.73 Å². The second-order valence-electron chi connectivity index (χ2n) is 5.16. The summed E-state index contributed by atoms with van der Waals surface area (Å²) >= 11 is 0. The van der Waals surface area contributed by atoms with Gasteiger partial charge in [-0.15, -0.1) is 0 Å². The smallest absolute Gasteiger partial charge is 0.200 e. The standard InChI is InChI=1S/C13H22N2O/c1-13(7-3-2-4-8-13)12-15-11(10-16-12)6-5-9-14/h10H,2-9,14H2,1H3. The zero-order valence-electron chi connectivity index (χ0n) is 10.2. The van der Waals surface area contributed by atoms with Crippen LogP contribution in [0.3, 0.4) is 0 Å². The lowest BCUT2D eigenvalue weighted by Gasteiger charge is -2.30. The van der Waals surface area contributed by atoms with Crippen molar-refractivity contribution in [2.45, 2.75) is 57.3 Å². The Labute approximate surface area is 97.4 Å². The van der Waals surface area contributed by atoms with Crippen LogP contribution in [0, 0.1) is 0 Å². The van der Waals surface area contributed by atoms with E-state index in [0.717, 1.165) is 31.0 Å². The fourth-order valence-corrected chi connectivity index (χ4v) is 2.53. The lowest BCUT2D eigenvalue weighted by molar-refractivity contribution is 0.257. The molecule has 2 rings (SSSR count). The Balaban J connectivity index is 2.05. The maximum Gasteiger partial charge on any atom is 0.200 e. The van der Waals surface area contributed by atoms with Crippen LogP contribution in [0.15, 0.2) is 10.7 Å². The van der Waals surface area contributed by atoms with Gasteiger partial charge < -0.3 is 10.2 Å². The number of rotatable bonds is 4. The lowest BCUT2D eigenvalue weighted by Crippen LogP contribution is -2.25. The Morgan fingerprint density at radius 1 is 1.38 bits per heavy atom. The minimum absolute atomic E-state index is 0.180. The van der Waals surface area contributed by atoms with Crippen molar-refractivity contribution in [1.29, 1.82) is 0 Å². The number of nitrogens with two attached hydrogens (primary N) is 1. The van der Waals surface area contributed by atoms with E-state index in [0.29, 0.717) is 0 Å². The van der Waals surface area contributed by atoms with Crippen molar-refractivity contribution in [3.8, 4) is 0 Å². The van der Waals surface area contributed by atoms with Gasteiger partial charge in [0, 0.05) is 5.41 Å². The van der Waals surface area contributed by atoms with Crippen molar-refractivity contribution in [1.82, 2.24) is 4.98 Å². The molecule has 3 heteroatoms. The first-order valence-electron chi connectivity index (χ1n) is 6.39. The molecular formula is C13H22N2O. The van der Waals surface area contributed by atoms with Gasteiger partial charge in [0.1, 0.15) is 6.26 Å². The maximum atomic E-state index is 5.65. The molecule has 2 N–H and O–H groups in total. The Bertz CT molecular complexity index is 326. The van der Waals surface area contributed by atoms with E-state index in [1.807, 2.05) is 6.26 Å². The van der Waals surface area contributed by atoms with Crippen LogP contribution in [0.25, 0.3) is 0 Å². The molecule has 1 fully saturated rings. The number of hydrogen-bond donors (Lipinski definition) is 1. The molecule has 0 aliphatic heterocycles.